The Morgan fingerprint density at radius 1 is 1.10 bits per heavy atom. The van der Waals surface area contributed by atoms with E-state index in [-0.39, 0.29) is 44.0 Å². The predicted molar refractivity (Wildman–Crippen MR) is 217 cm³/mol. The summed E-state index contributed by atoms with van der Waals surface area (Å²) in [5.41, 5.74) is -3.49. The van der Waals surface area contributed by atoms with Crippen molar-refractivity contribution in [1.29, 1.82) is 0 Å². The first-order valence-corrected chi connectivity index (χ1v) is 22.8. The smallest absolute Gasteiger partial charge is 0.427 e. The number of halogens is 4. The van der Waals surface area contributed by atoms with Gasteiger partial charge in [0.2, 0.25) is 39.2 Å². The molecule has 3 fully saturated rings. The van der Waals surface area contributed by atoms with Crippen LogP contribution in [0.5, 0.6) is 17.5 Å². The van der Waals surface area contributed by atoms with Crippen molar-refractivity contribution in [2.24, 2.45) is 29.1 Å². The lowest BCUT2D eigenvalue weighted by Crippen LogP contribution is -2.49. The molecule has 5 aliphatic rings. The standard InChI is InChI=1S/C44H55F4N3O10S/c1-25-9-6-7-10-27-21-43(27,40(55)50-62(56,57)42(24-45)14-15-42)22-35(52)34-19-29(60-38-31-13-12-28(58-5)18-33(31)30-11-8-16-59-37(30)49-38)23-51(34)39(54)32(26(2)17-25)20-36(53)61-41(3,4)44(46,47)48/h7,10,12-13,18,25-27,29,32,34H,6,8-9,11,14-17,19-24H2,1-5H3,(H,50,55)/b10-7-/t25-,26+,27+,29+,32-,34-,43+/m0/s1. The minimum Gasteiger partial charge on any atom is -0.497 e. The topological polar surface area (TPSA) is 167 Å². The number of aromatic nitrogens is 1. The zero-order valence-corrected chi connectivity index (χ0v) is 36.5. The van der Waals surface area contributed by atoms with Gasteiger partial charge < -0.3 is 23.8 Å². The Kier molecular flexibility index (Phi) is 12.4. The molecule has 2 aliphatic carbocycles. The summed E-state index contributed by atoms with van der Waals surface area (Å²) in [6.45, 7) is 4.22. The normalized spacial score (nSPS) is 29.5. The van der Waals surface area contributed by atoms with Gasteiger partial charge in [0.15, 0.2) is 5.78 Å². The molecule has 4 heterocycles. The van der Waals surface area contributed by atoms with E-state index in [1.54, 1.807) is 32.2 Å². The number of fused-ring (bicyclic) bond motifs is 5. The monoisotopic (exact) mass is 893 g/mol. The number of ketones is 1. The van der Waals surface area contributed by atoms with E-state index >= 15 is 0 Å². The fourth-order valence-corrected chi connectivity index (χ4v) is 10.7. The largest absolute Gasteiger partial charge is 0.497 e. The van der Waals surface area contributed by atoms with Crippen LogP contribution in [0.1, 0.15) is 97.5 Å². The van der Waals surface area contributed by atoms with Crippen LogP contribution >= 0.6 is 0 Å². The molecular weight excluding hydrogens is 839 g/mol. The lowest BCUT2D eigenvalue weighted by atomic mass is 9.82. The average Bonchev–Trinajstić information content (AvgIpc) is 4.12. The van der Waals surface area contributed by atoms with Crippen molar-refractivity contribution in [1.82, 2.24) is 14.6 Å². The molecule has 0 bridgehead atoms. The third-order valence-corrected chi connectivity index (χ3v) is 15.7. The number of allylic oxidation sites excluding steroid dienone is 2. The number of carbonyl (C=O) groups is 4. The minimum absolute atomic E-state index is 0.0261. The van der Waals surface area contributed by atoms with E-state index in [0.29, 0.717) is 49.3 Å². The molecular formula is C44H55F4N3O10S. The number of Topliss-reactive ketones (excluding diaryl/α,β-unsaturated/α-hetero) is 1. The number of hydrogen-bond acceptors (Lipinski definition) is 11. The summed E-state index contributed by atoms with van der Waals surface area (Å²) in [5.74, 6) is -4.60. The van der Waals surface area contributed by atoms with Gasteiger partial charge >= 0.3 is 12.1 Å². The van der Waals surface area contributed by atoms with E-state index in [4.69, 9.17) is 23.9 Å². The number of aryl methyl sites for hydroxylation is 1. The van der Waals surface area contributed by atoms with Crippen LogP contribution in [0.15, 0.2) is 30.4 Å². The zero-order valence-electron chi connectivity index (χ0n) is 35.6. The highest BCUT2D eigenvalue weighted by Gasteiger charge is 2.63. The van der Waals surface area contributed by atoms with Crippen LogP contribution in [0.2, 0.25) is 0 Å². The molecule has 0 radical (unpaired) electrons. The number of amides is 2. The van der Waals surface area contributed by atoms with Crippen molar-refractivity contribution in [3.63, 3.8) is 0 Å². The molecule has 7 atom stereocenters. The molecule has 2 saturated carbocycles. The summed E-state index contributed by atoms with van der Waals surface area (Å²) in [4.78, 5) is 63.1. The summed E-state index contributed by atoms with van der Waals surface area (Å²) in [5, 5.41) is 1.41. The number of ether oxygens (including phenoxy) is 4. The predicted octanol–water partition coefficient (Wildman–Crippen LogP) is 6.73. The van der Waals surface area contributed by atoms with Crippen molar-refractivity contribution in [2.45, 2.75) is 127 Å². The van der Waals surface area contributed by atoms with Crippen LogP contribution in [-0.2, 0) is 40.4 Å². The molecule has 18 heteroatoms. The number of sulfonamides is 1. The molecule has 2 aromatic rings. The van der Waals surface area contributed by atoms with Crippen molar-refractivity contribution >= 4 is 44.4 Å². The van der Waals surface area contributed by atoms with Gasteiger partial charge in [0.05, 0.1) is 44.1 Å². The van der Waals surface area contributed by atoms with Crippen molar-refractivity contribution < 1.29 is 64.1 Å². The van der Waals surface area contributed by atoms with Crippen LogP contribution < -0.4 is 18.9 Å². The first-order valence-electron chi connectivity index (χ1n) is 21.4. The maximum Gasteiger partial charge on any atom is 0.427 e. The molecule has 1 aromatic carbocycles. The number of hydrogen-bond donors (Lipinski definition) is 1. The van der Waals surface area contributed by atoms with E-state index in [1.165, 1.54) is 4.90 Å². The van der Waals surface area contributed by atoms with Gasteiger partial charge in [0.1, 0.15) is 23.3 Å². The lowest BCUT2D eigenvalue weighted by molar-refractivity contribution is -0.257. The molecule has 3 aliphatic heterocycles. The fraction of sp³-hybridized carbons (Fsp3) is 0.659. The highest BCUT2D eigenvalue weighted by Crippen LogP contribution is 2.58. The average molecular weight is 894 g/mol. The molecule has 1 saturated heterocycles. The Morgan fingerprint density at radius 2 is 1.84 bits per heavy atom. The van der Waals surface area contributed by atoms with Crippen LogP contribution in [0.4, 0.5) is 17.6 Å². The number of carbonyl (C=O) groups excluding carboxylic acids is 4. The van der Waals surface area contributed by atoms with Crippen LogP contribution in [0.25, 0.3) is 10.8 Å². The number of rotatable bonds is 10. The van der Waals surface area contributed by atoms with E-state index in [0.717, 1.165) is 31.2 Å². The van der Waals surface area contributed by atoms with Crippen LogP contribution in [-0.4, -0.2) is 97.5 Å². The maximum atomic E-state index is 15.0. The summed E-state index contributed by atoms with van der Waals surface area (Å²) in [6.07, 6.45) is -0.121. The van der Waals surface area contributed by atoms with E-state index < -0.39 is 105 Å². The lowest BCUT2D eigenvalue weighted by Gasteiger charge is -2.33. The highest BCUT2D eigenvalue weighted by atomic mass is 32.2. The van der Waals surface area contributed by atoms with Gasteiger partial charge in [0.25, 0.3) is 0 Å². The first kappa shape index (κ1) is 45.5. The van der Waals surface area contributed by atoms with Crippen LogP contribution in [0, 0.1) is 29.1 Å². The molecule has 0 unspecified atom stereocenters. The second-order valence-electron chi connectivity index (χ2n) is 18.5. The van der Waals surface area contributed by atoms with E-state index in [9.17, 15) is 45.2 Å². The summed E-state index contributed by atoms with van der Waals surface area (Å²) >= 11 is 0. The fourth-order valence-electron chi connectivity index (χ4n) is 9.25. The van der Waals surface area contributed by atoms with Gasteiger partial charge in [-0.15, -0.1) is 0 Å². The Labute approximate surface area is 358 Å². The van der Waals surface area contributed by atoms with Gasteiger partial charge in [-0.1, -0.05) is 26.0 Å². The minimum atomic E-state index is -4.89. The van der Waals surface area contributed by atoms with Gasteiger partial charge in [-0.05, 0) is 107 Å². The molecule has 1 aromatic heterocycles. The molecule has 7 rings (SSSR count). The van der Waals surface area contributed by atoms with Crippen molar-refractivity contribution in [2.75, 3.05) is 26.9 Å². The van der Waals surface area contributed by atoms with Gasteiger partial charge in [-0.3, -0.25) is 23.9 Å². The second-order valence-corrected chi connectivity index (χ2v) is 20.6. The van der Waals surface area contributed by atoms with Gasteiger partial charge in [-0.2, -0.15) is 18.2 Å². The Morgan fingerprint density at radius 3 is 2.52 bits per heavy atom. The quantitative estimate of drug-likeness (QED) is 0.153. The number of nitrogens with one attached hydrogen (secondary N) is 1. The van der Waals surface area contributed by atoms with E-state index in [2.05, 4.69) is 4.72 Å². The molecule has 340 valence electrons. The van der Waals surface area contributed by atoms with Gasteiger partial charge in [-0.25, -0.2) is 12.8 Å². The third kappa shape index (κ3) is 8.85. The van der Waals surface area contributed by atoms with E-state index in [1.807, 2.05) is 19.1 Å². The van der Waals surface area contributed by atoms with Crippen molar-refractivity contribution in [3.8, 4) is 17.5 Å². The highest BCUT2D eigenvalue weighted by molar-refractivity contribution is 7.91. The Balaban J connectivity index is 1.25. The summed E-state index contributed by atoms with van der Waals surface area (Å²) < 4.78 is 105. The summed E-state index contributed by atoms with van der Waals surface area (Å²) in [6, 6.07) is 4.13. The summed E-state index contributed by atoms with van der Waals surface area (Å²) in [7, 11) is -2.89. The molecule has 62 heavy (non-hydrogen) atoms. The van der Waals surface area contributed by atoms with Gasteiger partial charge in [0, 0.05) is 23.8 Å². The molecule has 1 N–H and O–H groups in total. The maximum absolute atomic E-state index is 15.0. The number of benzene rings is 1. The number of nitrogens with zero attached hydrogens (tertiary/aromatic N) is 2. The molecule has 2 amide bonds. The van der Waals surface area contributed by atoms with Crippen molar-refractivity contribution in [3.05, 3.63) is 35.9 Å². The zero-order chi connectivity index (χ0) is 45.0. The molecule has 0 spiro atoms. The first-order chi connectivity index (χ1) is 29.1. The number of alkyl halides is 4. The molecule has 13 nitrogen and oxygen atoms in total. The SMILES string of the molecule is COc1ccc2c(O[C@@H]3C[C@H]4C(=O)C[C@]5(C(=O)NS(=O)(=O)C6(CF)CC6)C[C@H]5/C=C\CC[C@H](C)C[C@@H](C)[C@H](CC(=O)OC(C)(C)C(F)(F)F)C(=O)N4C3)nc3c(c2c1)CCCO3. The third-order valence-electron chi connectivity index (χ3n) is 13.6. The number of pyridine rings is 1. The second kappa shape index (κ2) is 16.9. The Bertz CT molecular complexity index is 2250. The van der Waals surface area contributed by atoms with Crippen LogP contribution in [0.3, 0.4) is 0 Å². The number of esters is 1. The Hall–Kier alpha value is -4.48. The number of methoxy groups -OCH3 is 1.